The maximum absolute atomic E-state index is 13.0. The molecule has 0 aromatic heterocycles. The van der Waals surface area contributed by atoms with E-state index >= 15 is 0 Å². The van der Waals surface area contributed by atoms with Crippen molar-refractivity contribution in [2.75, 3.05) is 0 Å². The van der Waals surface area contributed by atoms with Crippen molar-refractivity contribution < 1.29 is 22.8 Å². The molecule has 0 heterocycles. The van der Waals surface area contributed by atoms with Crippen LogP contribution >= 0.6 is 11.6 Å². The number of amides is 2. The molecule has 0 radical (unpaired) electrons. The third-order valence-corrected chi connectivity index (χ3v) is 5.42. The number of carbonyl (C=O) groups is 2. The molecule has 0 saturated heterocycles. The maximum Gasteiger partial charge on any atom is 0.391 e. The smallest absolute Gasteiger partial charge is 0.351 e. The van der Waals surface area contributed by atoms with Crippen molar-refractivity contribution in [2.45, 2.75) is 57.4 Å². The number of rotatable bonds is 10. The lowest BCUT2D eigenvalue weighted by Crippen LogP contribution is -2.55. The second-order valence-corrected chi connectivity index (χ2v) is 8.81. The van der Waals surface area contributed by atoms with Gasteiger partial charge >= 0.3 is 6.18 Å². The SMILES string of the molecule is CC(C)[C@@H](CC(F)(F)F)NC(=O)C(Cc1ccccc1)NC(=O)C(N)Cc1cccc(Cl)c1. The first-order chi connectivity index (χ1) is 15.4. The summed E-state index contributed by atoms with van der Waals surface area (Å²) in [6.45, 7) is 3.20. The van der Waals surface area contributed by atoms with Crippen LogP contribution in [0.4, 0.5) is 13.2 Å². The zero-order valence-corrected chi connectivity index (χ0v) is 19.3. The summed E-state index contributed by atoms with van der Waals surface area (Å²) in [5, 5.41) is 5.59. The van der Waals surface area contributed by atoms with E-state index in [-0.39, 0.29) is 12.8 Å². The predicted octanol–water partition coefficient (Wildman–Crippen LogP) is 4.03. The van der Waals surface area contributed by atoms with Crippen molar-refractivity contribution in [3.63, 3.8) is 0 Å². The second kappa shape index (κ2) is 12.0. The van der Waals surface area contributed by atoms with E-state index in [9.17, 15) is 22.8 Å². The first kappa shape index (κ1) is 26.7. The van der Waals surface area contributed by atoms with Gasteiger partial charge in [0.1, 0.15) is 6.04 Å². The van der Waals surface area contributed by atoms with Crippen LogP contribution in [0.1, 0.15) is 31.4 Å². The summed E-state index contributed by atoms with van der Waals surface area (Å²) in [5.74, 6) is -1.72. The van der Waals surface area contributed by atoms with Crippen molar-refractivity contribution in [3.05, 3.63) is 70.7 Å². The van der Waals surface area contributed by atoms with Crippen molar-refractivity contribution in [1.82, 2.24) is 10.6 Å². The van der Waals surface area contributed by atoms with Crippen molar-refractivity contribution in [3.8, 4) is 0 Å². The molecule has 2 rings (SSSR count). The molecule has 0 aliphatic carbocycles. The molecule has 2 aromatic rings. The Balaban J connectivity index is 2.15. The predicted molar refractivity (Wildman–Crippen MR) is 123 cm³/mol. The summed E-state index contributed by atoms with van der Waals surface area (Å²) in [6.07, 6.45) is -5.29. The van der Waals surface area contributed by atoms with Crippen LogP contribution in [0, 0.1) is 5.92 Å². The summed E-state index contributed by atoms with van der Waals surface area (Å²) in [6, 6.07) is 12.6. The van der Waals surface area contributed by atoms with E-state index in [1.54, 1.807) is 68.4 Å². The first-order valence-electron chi connectivity index (χ1n) is 10.7. The van der Waals surface area contributed by atoms with Crippen LogP contribution in [0.3, 0.4) is 0 Å². The van der Waals surface area contributed by atoms with Gasteiger partial charge in [0.05, 0.1) is 12.5 Å². The highest BCUT2D eigenvalue weighted by Gasteiger charge is 2.35. The van der Waals surface area contributed by atoms with Gasteiger partial charge in [-0.05, 0) is 35.6 Å². The number of hydrogen-bond acceptors (Lipinski definition) is 3. The van der Waals surface area contributed by atoms with E-state index in [4.69, 9.17) is 17.3 Å². The van der Waals surface area contributed by atoms with E-state index in [0.29, 0.717) is 5.02 Å². The third-order valence-electron chi connectivity index (χ3n) is 5.18. The Hall–Kier alpha value is -2.58. The van der Waals surface area contributed by atoms with Crippen LogP contribution in [0.15, 0.2) is 54.6 Å². The van der Waals surface area contributed by atoms with Gasteiger partial charge in [-0.2, -0.15) is 13.2 Å². The van der Waals surface area contributed by atoms with E-state index in [2.05, 4.69) is 10.6 Å². The van der Waals surface area contributed by atoms with Crippen molar-refractivity contribution in [1.29, 1.82) is 0 Å². The number of nitrogens with one attached hydrogen (secondary N) is 2. The molecular formula is C24H29ClF3N3O2. The highest BCUT2D eigenvalue weighted by molar-refractivity contribution is 6.30. The minimum atomic E-state index is -4.43. The Morgan fingerprint density at radius 1 is 0.939 bits per heavy atom. The Morgan fingerprint density at radius 3 is 2.15 bits per heavy atom. The van der Waals surface area contributed by atoms with E-state index < -0.39 is 48.5 Å². The largest absolute Gasteiger partial charge is 0.391 e. The van der Waals surface area contributed by atoms with Gasteiger partial charge in [0.15, 0.2) is 0 Å². The van der Waals surface area contributed by atoms with Gasteiger partial charge in [-0.15, -0.1) is 0 Å². The van der Waals surface area contributed by atoms with Crippen molar-refractivity contribution >= 4 is 23.4 Å². The number of nitrogens with two attached hydrogens (primary N) is 1. The van der Waals surface area contributed by atoms with Crippen LogP contribution in [0.25, 0.3) is 0 Å². The molecule has 0 aliphatic heterocycles. The fourth-order valence-electron chi connectivity index (χ4n) is 3.33. The summed E-state index contributed by atoms with van der Waals surface area (Å²) < 4.78 is 38.9. The topological polar surface area (TPSA) is 84.2 Å². The van der Waals surface area contributed by atoms with Gasteiger partial charge in [0.25, 0.3) is 0 Å². The number of alkyl halides is 3. The average Bonchev–Trinajstić information content (AvgIpc) is 2.72. The Bertz CT molecular complexity index is 923. The van der Waals surface area contributed by atoms with E-state index in [1.165, 1.54) is 0 Å². The van der Waals surface area contributed by atoms with Crippen LogP contribution in [0.5, 0.6) is 0 Å². The lowest BCUT2D eigenvalue weighted by atomic mass is 9.98. The molecule has 0 aliphatic rings. The summed E-state index contributed by atoms with van der Waals surface area (Å²) in [5.41, 5.74) is 7.54. The Labute approximate surface area is 196 Å². The summed E-state index contributed by atoms with van der Waals surface area (Å²) in [7, 11) is 0. The van der Waals surface area contributed by atoms with E-state index in [0.717, 1.165) is 11.1 Å². The zero-order chi connectivity index (χ0) is 24.6. The molecule has 5 nitrogen and oxygen atoms in total. The fraction of sp³-hybridized carbons (Fsp3) is 0.417. The van der Waals surface area contributed by atoms with Gasteiger partial charge < -0.3 is 16.4 Å². The minimum absolute atomic E-state index is 0.110. The normalized spacial score (nSPS) is 14.4. The van der Waals surface area contributed by atoms with Crippen LogP contribution in [0.2, 0.25) is 5.02 Å². The van der Waals surface area contributed by atoms with Gasteiger partial charge in [-0.3, -0.25) is 9.59 Å². The number of hydrogen-bond donors (Lipinski definition) is 3. The van der Waals surface area contributed by atoms with Crippen LogP contribution < -0.4 is 16.4 Å². The van der Waals surface area contributed by atoms with Crippen molar-refractivity contribution in [2.24, 2.45) is 11.7 Å². The molecule has 2 aromatic carbocycles. The first-order valence-corrected chi connectivity index (χ1v) is 11.0. The van der Waals surface area contributed by atoms with E-state index in [1.807, 2.05) is 0 Å². The van der Waals surface area contributed by atoms with Gasteiger partial charge in [-0.25, -0.2) is 0 Å². The maximum atomic E-state index is 13.0. The molecule has 2 amide bonds. The molecule has 0 fully saturated rings. The zero-order valence-electron chi connectivity index (χ0n) is 18.5. The molecule has 3 atom stereocenters. The Kier molecular flexibility index (Phi) is 9.73. The van der Waals surface area contributed by atoms with Crippen LogP contribution in [-0.2, 0) is 22.4 Å². The highest BCUT2D eigenvalue weighted by Crippen LogP contribution is 2.24. The number of benzene rings is 2. The minimum Gasteiger partial charge on any atom is -0.351 e. The lowest BCUT2D eigenvalue weighted by molar-refractivity contribution is -0.145. The highest BCUT2D eigenvalue weighted by atomic mass is 35.5. The molecule has 180 valence electrons. The monoisotopic (exact) mass is 483 g/mol. The molecule has 2 unspecified atom stereocenters. The van der Waals surface area contributed by atoms with Gasteiger partial charge in [-0.1, -0.05) is 67.9 Å². The third kappa shape index (κ3) is 9.43. The molecular weight excluding hydrogens is 455 g/mol. The summed E-state index contributed by atoms with van der Waals surface area (Å²) in [4.78, 5) is 25.7. The molecule has 0 saturated carbocycles. The number of halogens is 4. The fourth-order valence-corrected chi connectivity index (χ4v) is 3.55. The molecule has 0 bridgehead atoms. The van der Waals surface area contributed by atoms with Gasteiger partial charge in [0, 0.05) is 17.5 Å². The molecule has 9 heteroatoms. The standard InChI is InChI=1S/C24H29ClF3N3O2/c1-15(2)21(14-24(26,27)28)31-23(33)20(13-16-7-4-3-5-8-16)30-22(32)19(29)12-17-9-6-10-18(25)11-17/h3-11,15,19-21H,12-14,29H2,1-2H3,(H,30,32)(H,31,33)/t19?,20?,21-/m1/s1. The van der Waals surface area contributed by atoms with Crippen LogP contribution in [-0.4, -0.2) is 36.1 Å². The second-order valence-electron chi connectivity index (χ2n) is 8.37. The Morgan fingerprint density at radius 2 is 1.58 bits per heavy atom. The van der Waals surface area contributed by atoms with Gasteiger partial charge in [0.2, 0.25) is 11.8 Å². The quantitative estimate of drug-likeness (QED) is 0.477. The average molecular weight is 484 g/mol. The molecule has 4 N–H and O–H groups in total. The molecule has 33 heavy (non-hydrogen) atoms. The summed E-state index contributed by atoms with van der Waals surface area (Å²) >= 11 is 5.97. The number of carbonyl (C=O) groups excluding carboxylic acids is 2. The lowest BCUT2D eigenvalue weighted by Gasteiger charge is -2.27. The molecule has 0 spiro atoms.